The molecule has 4 N–H and O–H groups in total. The Bertz CT molecular complexity index is 382. The number of nitrogens with zero attached hydrogens (tertiary/aromatic N) is 1. The van der Waals surface area contributed by atoms with Gasteiger partial charge in [-0.15, -0.1) is 0 Å². The first kappa shape index (κ1) is 13.2. The molecule has 94 valence electrons. The number of nitrogen functional groups attached to an aromatic ring is 1. The van der Waals surface area contributed by atoms with Gasteiger partial charge in [0.15, 0.2) is 0 Å². The van der Waals surface area contributed by atoms with E-state index in [0.29, 0.717) is 17.9 Å². The van der Waals surface area contributed by atoms with Gasteiger partial charge in [-0.2, -0.15) is 0 Å². The van der Waals surface area contributed by atoms with Crippen LogP contribution in [0.4, 0.5) is 17.1 Å². The van der Waals surface area contributed by atoms with Crippen molar-refractivity contribution >= 4 is 17.1 Å². The topological polar surface area (TPSA) is 101 Å². The first-order valence-corrected chi connectivity index (χ1v) is 5.53. The minimum absolute atomic E-state index is 0.0112. The van der Waals surface area contributed by atoms with Crippen LogP contribution in [0.1, 0.15) is 19.3 Å². The van der Waals surface area contributed by atoms with Crippen molar-refractivity contribution in [1.82, 2.24) is 0 Å². The highest BCUT2D eigenvalue weighted by Crippen LogP contribution is 2.22. The summed E-state index contributed by atoms with van der Waals surface area (Å²) >= 11 is 0. The number of hydrogen-bond acceptors (Lipinski definition) is 5. The predicted molar refractivity (Wildman–Crippen MR) is 66.9 cm³/mol. The molecular weight excluding hydrogens is 222 g/mol. The Morgan fingerprint density at radius 1 is 1.29 bits per heavy atom. The van der Waals surface area contributed by atoms with Gasteiger partial charge in [-0.3, -0.25) is 10.1 Å². The lowest BCUT2D eigenvalue weighted by Gasteiger charge is -2.06. The zero-order valence-corrected chi connectivity index (χ0v) is 9.56. The zero-order chi connectivity index (χ0) is 12.7. The molecule has 6 nitrogen and oxygen atoms in total. The summed E-state index contributed by atoms with van der Waals surface area (Å²) in [4.78, 5) is 10.1. The van der Waals surface area contributed by atoms with Crippen molar-refractivity contribution in [2.45, 2.75) is 19.3 Å². The van der Waals surface area contributed by atoms with Crippen molar-refractivity contribution in [2.24, 2.45) is 0 Å². The molecule has 0 radical (unpaired) electrons. The number of anilines is 2. The summed E-state index contributed by atoms with van der Waals surface area (Å²) in [6.45, 7) is 0.907. The van der Waals surface area contributed by atoms with Gasteiger partial charge in [0.2, 0.25) is 0 Å². The van der Waals surface area contributed by atoms with E-state index in [9.17, 15) is 10.1 Å². The molecule has 0 heterocycles. The number of rotatable bonds is 7. The lowest BCUT2D eigenvalue weighted by atomic mass is 10.2. The molecule has 0 aliphatic heterocycles. The standard InChI is InChI=1S/C11H17N3O3/c12-9-6-10(8-11(7-9)14(16)17)13-4-2-1-3-5-15/h6-8,13,15H,1-5,12H2. The number of nitro groups is 1. The van der Waals surface area contributed by atoms with Crippen LogP contribution in [0.25, 0.3) is 0 Å². The average molecular weight is 239 g/mol. The molecule has 0 unspecified atom stereocenters. The average Bonchev–Trinajstić information content (AvgIpc) is 2.28. The smallest absolute Gasteiger partial charge is 0.273 e. The molecule has 0 aliphatic rings. The number of aliphatic hydroxyl groups is 1. The van der Waals surface area contributed by atoms with Gasteiger partial charge in [0.1, 0.15) is 0 Å². The van der Waals surface area contributed by atoms with E-state index < -0.39 is 4.92 Å². The quantitative estimate of drug-likeness (QED) is 0.291. The number of hydrogen-bond donors (Lipinski definition) is 3. The maximum atomic E-state index is 10.6. The highest BCUT2D eigenvalue weighted by molar-refractivity contribution is 5.61. The van der Waals surface area contributed by atoms with Crippen LogP contribution in [0.3, 0.4) is 0 Å². The predicted octanol–water partition coefficient (Wildman–Crippen LogP) is 1.75. The van der Waals surface area contributed by atoms with Crippen LogP contribution in [0, 0.1) is 10.1 Å². The fraction of sp³-hybridized carbons (Fsp3) is 0.455. The third-order valence-electron chi connectivity index (χ3n) is 2.31. The summed E-state index contributed by atoms with van der Waals surface area (Å²) < 4.78 is 0. The molecule has 0 saturated carbocycles. The van der Waals surface area contributed by atoms with Gasteiger partial charge in [0, 0.05) is 36.7 Å². The molecule has 0 aliphatic carbocycles. The van der Waals surface area contributed by atoms with Gasteiger partial charge in [0.05, 0.1) is 4.92 Å². The van der Waals surface area contributed by atoms with Crippen LogP contribution in [-0.4, -0.2) is 23.2 Å². The van der Waals surface area contributed by atoms with Crippen molar-refractivity contribution < 1.29 is 10.0 Å². The second-order valence-electron chi connectivity index (χ2n) is 3.78. The Morgan fingerprint density at radius 3 is 2.71 bits per heavy atom. The Kier molecular flexibility index (Phi) is 5.22. The molecule has 0 atom stereocenters. The Hall–Kier alpha value is -1.82. The van der Waals surface area contributed by atoms with E-state index in [1.807, 2.05) is 0 Å². The molecule has 0 amide bonds. The number of aliphatic hydroxyl groups excluding tert-OH is 1. The third-order valence-corrected chi connectivity index (χ3v) is 2.31. The van der Waals surface area contributed by atoms with Crippen LogP contribution in [0.15, 0.2) is 18.2 Å². The van der Waals surface area contributed by atoms with Gasteiger partial charge >= 0.3 is 0 Å². The van der Waals surface area contributed by atoms with Gasteiger partial charge in [0.25, 0.3) is 5.69 Å². The van der Waals surface area contributed by atoms with Gasteiger partial charge in [-0.1, -0.05) is 0 Å². The maximum Gasteiger partial charge on any atom is 0.273 e. The normalized spacial score (nSPS) is 10.2. The summed E-state index contributed by atoms with van der Waals surface area (Å²) in [6, 6.07) is 4.46. The highest BCUT2D eigenvalue weighted by atomic mass is 16.6. The van der Waals surface area contributed by atoms with E-state index >= 15 is 0 Å². The monoisotopic (exact) mass is 239 g/mol. The van der Waals surface area contributed by atoms with Crippen LogP contribution in [0.2, 0.25) is 0 Å². The summed E-state index contributed by atoms with van der Waals surface area (Å²) in [5.41, 5.74) is 6.59. The SMILES string of the molecule is Nc1cc(NCCCCCO)cc([N+](=O)[O-])c1. The summed E-state index contributed by atoms with van der Waals surface area (Å²) in [6.07, 6.45) is 2.61. The molecule has 0 fully saturated rings. The fourth-order valence-corrected chi connectivity index (χ4v) is 1.49. The van der Waals surface area contributed by atoms with Crippen molar-refractivity contribution in [3.63, 3.8) is 0 Å². The Labute approximate surface area is 99.6 Å². The molecule has 17 heavy (non-hydrogen) atoms. The van der Waals surface area contributed by atoms with E-state index in [4.69, 9.17) is 10.8 Å². The van der Waals surface area contributed by atoms with Crippen molar-refractivity contribution in [3.05, 3.63) is 28.3 Å². The van der Waals surface area contributed by atoms with Crippen molar-refractivity contribution in [3.8, 4) is 0 Å². The Morgan fingerprint density at radius 2 is 2.06 bits per heavy atom. The zero-order valence-electron chi connectivity index (χ0n) is 9.56. The van der Waals surface area contributed by atoms with E-state index in [-0.39, 0.29) is 12.3 Å². The van der Waals surface area contributed by atoms with Gasteiger partial charge in [-0.25, -0.2) is 0 Å². The van der Waals surface area contributed by atoms with E-state index in [1.54, 1.807) is 6.07 Å². The number of non-ortho nitro benzene ring substituents is 1. The largest absolute Gasteiger partial charge is 0.398 e. The van der Waals surface area contributed by atoms with Crippen LogP contribution >= 0.6 is 0 Å². The lowest BCUT2D eigenvalue weighted by molar-refractivity contribution is -0.384. The molecule has 0 aromatic heterocycles. The van der Waals surface area contributed by atoms with Crippen molar-refractivity contribution in [2.75, 3.05) is 24.2 Å². The number of nitrogens with one attached hydrogen (secondary N) is 1. The molecule has 1 aromatic carbocycles. The summed E-state index contributed by atoms with van der Waals surface area (Å²) in [5, 5.41) is 22.3. The van der Waals surface area contributed by atoms with Crippen LogP contribution in [0.5, 0.6) is 0 Å². The Balaban J connectivity index is 2.50. The summed E-state index contributed by atoms with van der Waals surface area (Å²) in [7, 11) is 0. The fourth-order valence-electron chi connectivity index (χ4n) is 1.49. The molecule has 6 heteroatoms. The van der Waals surface area contributed by atoms with E-state index in [2.05, 4.69) is 5.32 Å². The third kappa shape index (κ3) is 4.69. The van der Waals surface area contributed by atoms with Gasteiger partial charge in [-0.05, 0) is 25.3 Å². The van der Waals surface area contributed by atoms with Crippen LogP contribution < -0.4 is 11.1 Å². The van der Waals surface area contributed by atoms with E-state index in [1.165, 1.54) is 12.1 Å². The number of benzene rings is 1. The summed E-state index contributed by atoms with van der Waals surface area (Å²) in [5.74, 6) is 0. The number of unbranched alkanes of at least 4 members (excludes halogenated alkanes) is 2. The first-order chi connectivity index (χ1) is 8.13. The first-order valence-electron chi connectivity index (χ1n) is 5.53. The minimum atomic E-state index is -0.465. The molecule has 1 aromatic rings. The molecule has 0 bridgehead atoms. The molecule has 0 saturated heterocycles. The van der Waals surface area contributed by atoms with E-state index in [0.717, 1.165) is 19.3 Å². The second-order valence-corrected chi connectivity index (χ2v) is 3.78. The number of nitro benzene ring substituents is 1. The molecule has 1 rings (SSSR count). The maximum absolute atomic E-state index is 10.6. The second kappa shape index (κ2) is 6.70. The highest BCUT2D eigenvalue weighted by Gasteiger charge is 2.07. The molecule has 0 spiro atoms. The van der Waals surface area contributed by atoms with Crippen molar-refractivity contribution in [1.29, 1.82) is 0 Å². The molecular formula is C11H17N3O3. The number of nitrogens with two attached hydrogens (primary N) is 1. The van der Waals surface area contributed by atoms with Gasteiger partial charge < -0.3 is 16.2 Å². The van der Waals surface area contributed by atoms with Crippen LogP contribution in [-0.2, 0) is 0 Å². The minimum Gasteiger partial charge on any atom is -0.398 e. The lowest BCUT2D eigenvalue weighted by Crippen LogP contribution is -2.03.